The molecule has 2 aromatic rings. The van der Waals surface area contributed by atoms with E-state index in [0.29, 0.717) is 16.8 Å². The highest BCUT2D eigenvalue weighted by atomic mass is 79.9. The van der Waals surface area contributed by atoms with E-state index in [2.05, 4.69) is 20.9 Å². The Morgan fingerprint density at radius 1 is 1.61 bits per heavy atom. The number of halogens is 1. The molecule has 0 aliphatic carbocycles. The first-order chi connectivity index (χ1) is 8.58. The number of carboxylic acids is 1. The number of carboxylic acid groups (broad SMARTS) is 1. The summed E-state index contributed by atoms with van der Waals surface area (Å²) in [5.74, 6) is -0.507. The zero-order valence-corrected chi connectivity index (χ0v) is 12.0. The summed E-state index contributed by atoms with van der Waals surface area (Å²) >= 11 is 4.85. The minimum atomic E-state index is -0.976. The Hall–Kier alpha value is -1.40. The van der Waals surface area contributed by atoms with Crippen LogP contribution in [-0.4, -0.2) is 23.1 Å². The lowest BCUT2D eigenvalue weighted by Crippen LogP contribution is -2.20. The number of hydrogen-bond acceptors (Lipinski definition) is 4. The fraction of sp³-hybridized carbons (Fsp3) is 0.167. The smallest absolute Gasteiger partial charge is 0.339 e. The molecule has 0 spiro atoms. The van der Waals surface area contributed by atoms with E-state index in [1.54, 1.807) is 23.6 Å². The highest BCUT2D eigenvalue weighted by Crippen LogP contribution is 2.22. The van der Waals surface area contributed by atoms with Crippen LogP contribution in [0.1, 0.15) is 15.9 Å². The zero-order chi connectivity index (χ0) is 13.1. The van der Waals surface area contributed by atoms with Gasteiger partial charge in [0.15, 0.2) is 0 Å². The second-order valence-corrected chi connectivity index (χ2v) is 5.51. The zero-order valence-electron chi connectivity index (χ0n) is 9.63. The first-order valence-corrected chi connectivity index (χ1v) is 6.92. The van der Waals surface area contributed by atoms with E-state index in [1.165, 1.54) is 0 Å². The summed E-state index contributed by atoms with van der Waals surface area (Å²) < 4.78 is 0.660. The van der Waals surface area contributed by atoms with Crippen LogP contribution in [0.5, 0.6) is 0 Å². The topological polar surface area (TPSA) is 53.4 Å². The molecule has 0 amide bonds. The first-order valence-electron chi connectivity index (χ1n) is 5.19. The van der Waals surface area contributed by atoms with Gasteiger partial charge in [-0.25, -0.2) is 9.78 Å². The van der Waals surface area contributed by atoms with Gasteiger partial charge in [0.2, 0.25) is 0 Å². The number of thiophene rings is 1. The standard InChI is InChI=1S/C12H11BrN2O2S/c1-15(6-8-2-3-18-7-8)11-10(12(16)17)4-9(13)5-14-11/h2-5,7H,6H2,1H3,(H,16,17). The predicted octanol–water partition coefficient (Wildman–Crippen LogP) is 3.24. The summed E-state index contributed by atoms with van der Waals surface area (Å²) in [5, 5.41) is 13.2. The van der Waals surface area contributed by atoms with E-state index >= 15 is 0 Å². The third-order valence-corrected chi connectivity index (χ3v) is 3.59. The van der Waals surface area contributed by atoms with E-state index in [0.717, 1.165) is 5.56 Å². The number of aromatic nitrogens is 1. The molecule has 0 aliphatic heterocycles. The highest BCUT2D eigenvalue weighted by Gasteiger charge is 2.15. The monoisotopic (exact) mass is 326 g/mol. The van der Waals surface area contributed by atoms with Crippen LogP contribution < -0.4 is 4.90 Å². The Labute approximate surface area is 117 Å². The van der Waals surface area contributed by atoms with Crippen LogP contribution in [0.15, 0.2) is 33.6 Å². The maximum atomic E-state index is 11.2. The number of anilines is 1. The van der Waals surface area contributed by atoms with Crippen molar-refractivity contribution in [3.63, 3.8) is 0 Å². The molecule has 0 radical (unpaired) electrons. The number of hydrogen-bond donors (Lipinski definition) is 1. The van der Waals surface area contributed by atoms with E-state index in [4.69, 9.17) is 0 Å². The molecule has 0 aliphatic rings. The molecule has 1 N–H and O–H groups in total. The molecule has 0 fully saturated rings. The van der Waals surface area contributed by atoms with Gasteiger partial charge < -0.3 is 10.0 Å². The van der Waals surface area contributed by atoms with Gasteiger partial charge in [0.1, 0.15) is 11.4 Å². The average Bonchev–Trinajstić information content (AvgIpc) is 2.81. The van der Waals surface area contributed by atoms with Gasteiger partial charge in [0.25, 0.3) is 0 Å². The van der Waals surface area contributed by atoms with Crippen molar-refractivity contribution in [3.05, 3.63) is 44.7 Å². The van der Waals surface area contributed by atoms with Crippen molar-refractivity contribution in [3.8, 4) is 0 Å². The minimum absolute atomic E-state index is 0.196. The van der Waals surface area contributed by atoms with E-state index in [-0.39, 0.29) is 5.56 Å². The Kier molecular flexibility index (Phi) is 3.98. The van der Waals surface area contributed by atoms with Gasteiger partial charge >= 0.3 is 5.97 Å². The van der Waals surface area contributed by atoms with Crippen molar-refractivity contribution in [2.24, 2.45) is 0 Å². The van der Waals surface area contributed by atoms with Crippen molar-refractivity contribution in [2.45, 2.75) is 6.54 Å². The van der Waals surface area contributed by atoms with Gasteiger partial charge in [-0.3, -0.25) is 0 Å². The van der Waals surface area contributed by atoms with Gasteiger partial charge in [0, 0.05) is 24.3 Å². The lowest BCUT2D eigenvalue weighted by atomic mass is 10.2. The minimum Gasteiger partial charge on any atom is -0.478 e. The van der Waals surface area contributed by atoms with Gasteiger partial charge in [0.05, 0.1) is 0 Å². The third kappa shape index (κ3) is 2.88. The number of pyridine rings is 1. The quantitative estimate of drug-likeness (QED) is 0.937. The Bertz CT molecular complexity index is 557. The molecule has 0 saturated heterocycles. The third-order valence-electron chi connectivity index (χ3n) is 2.43. The van der Waals surface area contributed by atoms with Crippen LogP contribution in [0.2, 0.25) is 0 Å². The molecule has 0 bridgehead atoms. The summed E-state index contributed by atoms with van der Waals surface area (Å²) in [7, 11) is 1.83. The maximum absolute atomic E-state index is 11.2. The molecule has 0 unspecified atom stereocenters. The second kappa shape index (κ2) is 5.49. The Morgan fingerprint density at radius 2 is 2.39 bits per heavy atom. The average molecular weight is 327 g/mol. The first kappa shape index (κ1) is 13.0. The molecule has 4 nitrogen and oxygen atoms in total. The molecule has 94 valence electrons. The van der Waals surface area contributed by atoms with E-state index < -0.39 is 5.97 Å². The predicted molar refractivity (Wildman–Crippen MR) is 75.3 cm³/mol. The summed E-state index contributed by atoms with van der Waals surface area (Å²) in [6.45, 7) is 0.637. The van der Waals surface area contributed by atoms with Crippen LogP contribution in [0.25, 0.3) is 0 Å². The van der Waals surface area contributed by atoms with Crippen molar-refractivity contribution < 1.29 is 9.90 Å². The summed E-state index contributed by atoms with van der Waals surface area (Å²) in [5.41, 5.74) is 1.34. The molecule has 0 atom stereocenters. The van der Waals surface area contributed by atoms with E-state index in [9.17, 15) is 9.90 Å². The van der Waals surface area contributed by atoms with Crippen LogP contribution in [-0.2, 0) is 6.54 Å². The van der Waals surface area contributed by atoms with Gasteiger partial charge in [-0.05, 0) is 44.4 Å². The van der Waals surface area contributed by atoms with Gasteiger partial charge in [-0.1, -0.05) is 0 Å². The van der Waals surface area contributed by atoms with Crippen molar-refractivity contribution in [1.82, 2.24) is 4.98 Å². The molecule has 0 aromatic carbocycles. The normalized spacial score (nSPS) is 10.3. The molecule has 6 heteroatoms. The van der Waals surface area contributed by atoms with Gasteiger partial charge in [-0.2, -0.15) is 11.3 Å². The van der Waals surface area contributed by atoms with Crippen molar-refractivity contribution in [1.29, 1.82) is 0 Å². The molecular weight excluding hydrogens is 316 g/mol. The van der Waals surface area contributed by atoms with E-state index in [1.807, 2.05) is 28.8 Å². The Balaban J connectivity index is 2.29. The number of aromatic carboxylic acids is 1. The number of carbonyl (C=O) groups is 1. The molecule has 18 heavy (non-hydrogen) atoms. The molecule has 0 saturated carbocycles. The van der Waals surface area contributed by atoms with Crippen molar-refractivity contribution in [2.75, 3.05) is 11.9 Å². The summed E-state index contributed by atoms with van der Waals surface area (Å²) in [6.07, 6.45) is 1.60. The summed E-state index contributed by atoms with van der Waals surface area (Å²) in [6, 6.07) is 3.58. The van der Waals surface area contributed by atoms with Crippen LogP contribution >= 0.6 is 27.3 Å². The summed E-state index contributed by atoms with van der Waals surface area (Å²) in [4.78, 5) is 17.2. The molecule has 2 aromatic heterocycles. The second-order valence-electron chi connectivity index (χ2n) is 3.82. The van der Waals surface area contributed by atoms with Crippen LogP contribution in [0.3, 0.4) is 0 Å². The molecular formula is C12H11BrN2O2S. The fourth-order valence-electron chi connectivity index (χ4n) is 1.62. The largest absolute Gasteiger partial charge is 0.478 e. The van der Waals surface area contributed by atoms with Crippen LogP contribution in [0.4, 0.5) is 5.82 Å². The molecule has 2 rings (SSSR count). The fourth-order valence-corrected chi connectivity index (χ4v) is 2.62. The van der Waals surface area contributed by atoms with Gasteiger partial charge in [-0.15, -0.1) is 0 Å². The SMILES string of the molecule is CN(Cc1ccsc1)c1ncc(Br)cc1C(=O)O. The maximum Gasteiger partial charge on any atom is 0.339 e. The highest BCUT2D eigenvalue weighted by molar-refractivity contribution is 9.10. The lowest BCUT2D eigenvalue weighted by Gasteiger charge is -2.19. The van der Waals surface area contributed by atoms with Crippen LogP contribution in [0, 0.1) is 0 Å². The number of rotatable bonds is 4. The number of nitrogens with zero attached hydrogens (tertiary/aromatic N) is 2. The molecule has 2 heterocycles. The lowest BCUT2D eigenvalue weighted by molar-refractivity contribution is 0.0697. The Morgan fingerprint density at radius 3 is 3.00 bits per heavy atom. The van der Waals surface area contributed by atoms with Crippen molar-refractivity contribution >= 4 is 39.1 Å².